The number of nitrogens with one attached hydrogen (secondary N) is 1. The van der Waals surface area contributed by atoms with Gasteiger partial charge in [-0.1, -0.05) is 24.3 Å². The van der Waals surface area contributed by atoms with Crippen LogP contribution in [0.25, 0.3) is 0 Å². The Bertz CT molecular complexity index is 750. The van der Waals surface area contributed by atoms with Crippen LogP contribution in [0.4, 0.5) is 5.69 Å². The summed E-state index contributed by atoms with van der Waals surface area (Å²) in [5, 5.41) is 30.4. The number of methoxy groups -OCH3 is 1. The molecule has 2 rings (SSSR count). The molecule has 0 radical (unpaired) electrons. The zero-order chi connectivity index (χ0) is 16.8. The molecule has 0 bridgehead atoms. The Balaban J connectivity index is 2.26. The molecule has 23 heavy (non-hydrogen) atoms. The zero-order valence-corrected chi connectivity index (χ0v) is 12.5. The van der Waals surface area contributed by atoms with Crippen LogP contribution in [0.2, 0.25) is 0 Å². The molecule has 1 amide bonds. The average molecular weight is 312 g/mol. The van der Waals surface area contributed by atoms with Crippen molar-refractivity contribution in [2.45, 2.75) is 12.9 Å². The first kappa shape index (κ1) is 16.6. The van der Waals surface area contributed by atoms with Crippen LogP contribution in [-0.2, 0) is 11.3 Å². The molecule has 0 unspecified atom stereocenters. The largest absolute Gasteiger partial charge is 0.380 e. The van der Waals surface area contributed by atoms with E-state index in [9.17, 15) is 15.0 Å². The van der Waals surface area contributed by atoms with Gasteiger partial charge in [-0.3, -0.25) is 4.79 Å². The predicted octanol–water partition coefficient (Wildman–Crippen LogP) is 1.94. The lowest BCUT2D eigenvalue weighted by molar-refractivity contribution is -0.0429. The van der Waals surface area contributed by atoms with Gasteiger partial charge >= 0.3 is 0 Å². The molecule has 0 aliphatic carbocycles. The van der Waals surface area contributed by atoms with Crippen LogP contribution >= 0.6 is 0 Å². The highest BCUT2D eigenvalue weighted by Gasteiger charge is 2.15. The third-order valence-electron chi connectivity index (χ3n) is 3.27. The van der Waals surface area contributed by atoms with Crippen molar-refractivity contribution >= 4 is 11.6 Å². The van der Waals surface area contributed by atoms with Gasteiger partial charge in [-0.15, -0.1) is 0 Å². The molecule has 0 fully saturated rings. The number of carbonyl (C=O) groups excluding carboxylic acids is 1. The van der Waals surface area contributed by atoms with Crippen LogP contribution in [0.3, 0.4) is 0 Å². The van der Waals surface area contributed by atoms with Crippen LogP contribution in [0.1, 0.15) is 33.3 Å². The SMILES string of the molecule is COCc1ccc(NC(=O)c2ccccc2C(O)O)cc1C#N. The van der Waals surface area contributed by atoms with Crippen molar-refractivity contribution in [3.63, 3.8) is 0 Å². The first-order chi connectivity index (χ1) is 11.1. The lowest BCUT2D eigenvalue weighted by atomic mass is 10.1. The normalized spacial score (nSPS) is 10.4. The minimum atomic E-state index is -1.74. The average Bonchev–Trinajstić information content (AvgIpc) is 2.56. The third kappa shape index (κ3) is 3.93. The van der Waals surface area contributed by atoms with Crippen molar-refractivity contribution < 1.29 is 19.7 Å². The van der Waals surface area contributed by atoms with Gasteiger partial charge in [0, 0.05) is 23.9 Å². The van der Waals surface area contributed by atoms with Crippen LogP contribution in [0, 0.1) is 11.3 Å². The van der Waals surface area contributed by atoms with Crippen molar-refractivity contribution in [3.8, 4) is 6.07 Å². The van der Waals surface area contributed by atoms with Gasteiger partial charge in [0.15, 0.2) is 6.29 Å². The number of hydrogen-bond donors (Lipinski definition) is 3. The Hall–Kier alpha value is -2.72. The number of carbonyl (C=O) groups is 1. The Morgan fingerprint density at radius 3 is 2.70 bits per heavy atom. The summed E-state index contributed by atoms with van der Waals surface area (Å²) in [7, 11) is 1.54. The fourth-order valence-electron chi connectivity index (χ4n) is 2.17. The monoisotopic (exact) mass is 312 g/mol. The highest BCUT2D eigenvalue weighted by molar-refractivity contribution is 6.05. The molecule has 118 valence electrons. The molecule has 0 aliphatic rings. The number of nitrogens with zero attached hydrogens (tertiary/aromatic N) is 1. The van der Waals surface area contributed by atoms with Gasteiger partial charge in [-0.05, 0) is 23.8 Å². The summed E-state index contributed by atoms with van der Waals surface area (Å²) in [6, 6.07) is 13.1. The Morgan fingerprint density at radius 2 is 2.04 bits per heavy atom. The van der Waals surface area contributed by atoms with Gasteiger partial charge < -0.3 is 20.3 Å². The van der Waals surface area contributed by atoms with Crippen molar-refractivity contribution in [1.29, 1.82) is 5.26 Å². The number of aliphatic hydroxyl groups excluding tert-OH is 1. The molecule has 0 aromatic heterocycles. The molecule has 0 atom stereocenters. The standard InChI is InChI=1S/C17H16N2O4/c1-23-10-11-6-7-13(8-12(11)9-18)19-16(20)14-4-2-3-5-15(14)17(21)22/h2-8,17,21-22H,10H2,1H3,(H,19,20). The Morgan fingerprint density at radius 1 is 1.30 bits per heavy atom. The summed E-state index contributed by atoms with van der Waals surface area (Å²) in [6.45, 7) is 0.302. The number of amides is 1. The van der Waals surface area contributed by atoms with Gasteiger partial charge in [0.2, 0.25) is 0 Å². The molecule has 6 heteroatoms. The van der Waals surface area contributed by atoms with Crippen LogP contribution in [0.15, 0.2) is 42.5 Å². The van der Waals surface area contributed by atoms with E-state index in [1.165, 1.54) is 19.2 Å². The molecular formula is C17H16N2O4. The van der Waals surface area contributed by atoms with Crippen LogP contribution < -0.4 is 5.32 Å². The van der Waals surface area contributed by atoms with Gasteiger partial charge in [-0.25, -0.2) is 0 Å². The minimum Gasteiger partial charge on any atom is -0.380 e. The number of ether oxygens (including phenoxy) is 1. The molecule has 2 aromatic rings. The molecule has 0 aliphatic heterocycles. The molecule has 0 saturated heterocycles. The number of rotatable bonds is 5. The number of nitriles is 1. The fourth-order valence-corrected chi connectivity index (χ4v) is 2.17. The topological polar surface area (TPSA) is 103 Å². The predicted molar refractivity (Wildman–Crippen MR) is 83.4 cm³/mol. The number of anilines is 1. The number of hydrogen-bond acceptors (Lipinski definition) is 5. The maximum atomic E-state index is 12.3. The lowest BCUT2D eigenvalue weighted by Crippen LogP contribution is -2.16. The van der Waals surface area contributed by atoms with E-state index in [-0.39, 0.29) is 11.1 Å². The van der Waals surface area contributed by atoms with Crippen molar-refractivity contribution in [2.24, 2.45) is 0 Å². The van der Waals surface area contributed by atoms with Gasteiger partial charge in [0.1, 0.15) is 0 Å². The van der Waals surface area contributed by atoms with E-state index in [1.54, 1.807) is 30.3 Å². The molecule has 0 spiro atoms. The summed E-state index contributed by atoms with van der Waals surface area (Å²) in [5.74, 6) is -0.489. The fraction of sp³-hybridized carbons (Fsp3) is 0.176. The van der Waals surface area contributed by atoms with E-state index >= 15 is 0 Å². The Labute approximate surface area is 133 Å². The lowest BCUT2D eigenvalue weighted by Gasteiger charge is -2.12. The maximum Gasteiger partial charge on any atom is 0.256 e. The highest BCUT2D eigenvalue weighted by Crippen LogP contribution is 2.20. The smallest absolute Gasteiger partial charge is 0.256 e. The van der Waals surface area contributed by atoms with E-state index in [0.29, 0.717) is 17.9 Å². The van der Waals surface area contributed by atoms with Crippen molar-refractivity contribution in [2.75, 3.05) is 12.4 Å². The molecule has 6 nitrogen and oxygen atoms in total. The Kier molecular flexibility index (Phi) is 5.44. The summed E-state index contributed by atoms with van der Waals surface area (Å²) >= 11 is 0. The summed E-state index contributed by atoms with van der Waals surface area (Å²) < 4.78 is 5.01. The van der Waals surface area contributed by atoms with Crippen molar-refractivity contribution in [1.82, 2.24) is 0 Å². The van der Waals surface area contributed by atoms with Gasteiger partial charge in [0.25, 0.3) is 5.91 Å². The van der Waals surface area contributed by atoms with E-state index in [0.717, 1.165) is 5.56 Å². The van der Waals surface area contributed by atoms with Crippen LogP contribution in [-0.4, -0.2) is 23.2 Å². The maximum absolute atomic E-state index is 12.3. The van der Waals surface area contributed by atoms with E-state index in [2.05, 4.69) is 11.4 Å². The highest BCUT2D eigenvalue weighted by atomic mass is 16.5. The summed E-state index contributed by atoms with van der Waals surface area (Å²) in [5.41, 5.74) is 1.83. The van der Waals surface area contributed by atoms with Crippen molar-refractivity contribution in [3.05, 3.63) is 64.7 Å². The molecular weight excluding hydrogens is 296 g/mol. The third-order valence-corrected chi connectivity index (χ3v) is 3.27. The number of aliphatic hydroxyl groups is 2. The first-order valence-electron chi connectivity index (χ1n) is 6.85. The minimum absolute atomic E-state index is 0.113. The second-order valence-electron chi connectivity index (χ2n) is 4.83. The summed E-state index contributed by atoms with van der Waals surface area (Å²) in [6.07, 6.45) is -1.74. The van der Waals surface area contributed by atoms with Gasteiger partial charge in [-0.2, -0.15) is 5.26 Å². The first-order valence-corrected chi connectivity index (χ1v) is 6.85. The molecule has 0 saturated carbocycles. The molecule has 3 N–H and O–H groups in total. The van der Waals surface area contributed by atoms with Crippen LogP contribution in [0.5, 0.6) is 0 Å². The molecule has 0 heterocycles. The second kappa shape index (κ2) is 7.51. The van der Waals surface area contributed by atoms with E-state index < -0.39 is 12.2 Å². The van der Waals surface area contributed by atoms with E-state index in [4.69, 9.17) is 10.00 Å². The van der Waals surface area contributed by atoms with Gasteiger partial charge in [0.05, 0.1) is 18.2 Å². The second-order valence-corrected chi connectivity index (χ2v) is 4.83. The van der Waals surface area contributed by atoms with E-state index in [1.807, 2.05) is 0 Å². The summed E-state index contributed by atoms with van der Waals surface area (Å²) in [4.78, 5) is 12.3. The molecule has 2 aromatic carbocycles. The quantitative estimate of drug-likeness (QED) is 0.732. The number of benzene rings is 2. The zero-order valence-electron chi connectivity index (χ0n) is 12.5.